The van der Waals surface area contributed by atoms with Crippen molar-refractivity contribution in [3.63, 3.8) is 0 Å². The van der Waals surface area contributed by atoms with Gasteiger partial charge in [-0.05, 0) is 12.1 Å². The first-order valence-electron chi connectivity index (χ1n) is 3.24. The monoisotopic (exact) mass is 509 g/mol. The van der Waals surface area contributed by atoms with Crippen LogP contribution in [0, 0.1) is 10.1 Å². The molecule has 0 radical (unpaired) electrons. The smallest absolute Gasteiger partial charge is 0.693 e. The van der Waals surface area contributed by atoms with Gasteiger partial charge in [-0.1, -0.05) is 12.1 Å². The van der Waals surface area contributed by atoms with Gasteiger partial charge in [0.15, 0.2) is 11.5 Å². The molecule has 0 saturated carbocycles. The van der Waals surface area contributed by atoms with Crippen LogP contribution >= 0.6 is 0 Å². The molecule has 0 saturated heterocycles. The van der Waals surface area contributed by atoms with E-state index >= 15 is 0 Å². The predicted octanol–water partition coefficient (Wildman–Crippen LogP) is 0.728. The van der Waals surface area contributed by atoms with Gasteiger partial charge in [-0.2, -0.15) is 0 Å². The molecule has 0 heterocycles. The van der Waals surface area contributed by atoms with Gasteiger partial charge in [-0.3, -0.25) is 0 Å². The number of hydrogen-bond donors (Lipinski definition) is 5. The SMILES string of the molecule is O=N[O-].O[As](O)O.Oc1ccccc1O.[NH2-].[NH2-].[Pt+2]. The molecular weight excluding hydrogens is 496 g/mol. The fourth-order valence-electron chi connectivity index (χ4n) is 0.464. The Kier molecular flexibility index (Phi) is 36.3. The molecule has 12 heteroatoms. The van der Waals surface area contributed by atoms with Crippen LogP contribution in [0.25, 0.3) is 12.3 Å². The van der Waals surface area contributed by atoms with Crippen molar-refractivity contribution < 1.29 is 43.6 Å². The van der Waals surface area contributed by atoms with Crippen LogP contribution in [0.3, 0.4) is 0 Å². The predicted molar refractivity (Wildman–Crippen MR) is 61.9 cm³/mol. The summed E-state index contributed by atoms with van der Waals surface area (Å²) >= 11 is -3.19. The van der Waals surface area contributed by atoms with Crippen LogP contribution in [-0.4, -0.2) is 38.2 Å². The van der Waals surface area contributed by atoms with E-state index in [-0.39, 0.29) is 44.9 Å². The minimum Gasteiger partial charge on any atom is -0.693 e. The van der Waals surface area contributed by atoms with Gasteiger partial charge >= 0.3 is 49.0 Å². The minimum absolute atomic E-state index is 0. The van der Waals surface area contributed by atoms with Crippen LogP contribution in [0.15, 0.2) is 29.6 Å². The van der Waals surface area contributed by atoms with Crippen LogP contribution in [0.1, 0.15) is 0 Å². The standard InChI is InChI=1S/C6H6O2.AsH3O3.HNO2.2H2N.Pt/c7-5-3-1-2-4-6(5)8;2-1(3)4;2-1-3;;;/h1-4,7-8H;2-4H;(H,2,3);2*1H2;/q;;;2*-1;+2/p-1. The maximum atomic E-state index is 8.67. The summed E-state index contributed by atoms with van der Waals surface area (Å²) in [6.45, 7) is 0. The number of rotatable bonds is 0. The van der Waals surface area contributed by atoms with E-state index in [0.717, 1.165) is 5.34 Å². The van der Waals surface area contributed by atoms with Crippen LogP contribution in [0.2, 0.25) is 0 Å². The Labute approximate surface area is 123 Å². The van der Waals surface area contributed by atoms with Crippen molar-refractivity contribution in [3.8, 4) is 11.5 Å². The normalized spacial score (nSPS) is 6.67. The van der Waals surface area contributed by atoms with Crippen molar-refractivity contribution in [1.82, 2.24) is 0 Å². The molecule has 1 aromatic carbocycles. The summed E-state index contributed by atoms with van der Waals surface area (Å²) < 4.78 is 21.9. The third-order valence-corrected chi connectivity index (χ3v) is 0.882. The second-order valence-corrected chi connectivity index (χ2v) is 2.96. The van der Waals surface area contributed by atoms with Gasteiger partial charge in [0, 0.05) is 0 Å². The topological polar surface area (TPSA) is 221 Å². The molecule has 0 spiro atoms. The van der Waals surface area contributed by atoms with Gasteiger partial charge in [0.05, 0.1) is 0 Å². The maximum Gasteiger partial charge on any atom is 2.00 e. The van der Waals surface area contributed by atoms with Crippen molar-refractivity contribution >= 4 is 15.7 Å². The largest absolute Gasteiger partial charge is 2.00 e. The molecule has 0 aliphatic rings. The number of aromatic hydroxyl groups is 2. The Morgan fingerprint density at radius 2 is 1.17 bits per heavy atom. The van der Waals surface area contributed by atoms with E-state index in [1.807, 2.05) is 0 Å². The van der Waals surface area contributed by atoms with Crippen LogP contribution in [0.5, 0.6) is 11.5 Å². The first-order valence-corrected chi connectivity index (χ1v) is 5.76. The summed E-state index contributed by atoms with van der Waals surface area (Å²) in [6, 6.07) is 6.15. The Morgan fingerprint density at radius 3 is 1.28 bits per heavy atom. The number of benzene rings is 1. The summed E-state index contributed by atoms with van der Waals surface area (Å²) in [4.78, 5) is 8.00. The quantitative estimate of drug-likeness (QED) is 0.146. The molecule has 0 fully saturated rings. The third-order valence-electron chi connectivity index (χ3n) is 0.882. The van der Waals surface area contributed by atoms with Crippen molar-refractivity contribution in [1.29, 1.82) is 0 Å². The van der Waals surface area contributed by atoms with Crippen molar-refractivity contribution in [3.05, 3.63) is 46.7 Å². The number of nitrogens with two attached hydrogens (primary N) is 2. The zero-order valence-electron chi connectivity index (χ0n) is 8.73. The van der Waals surface area contributed by atoms with Crippen LogP contribution < -0.4 is 0 Å². The molecule has 10 nitrogen and oxygen atoms in total. The third kappa shape index (κ3) is 29.5. The van der Waals surface area contributed by atoms with Gasteiger partial charge in [0.1, 0.15) is 0 Å². The molecule has 0 amide bonds. The molecule has 0 unspecified atom stereocenters. The molecule has 18 heavy (non-hydrogen) atoms. The summed E-state index contributed by atoms with van der Waals surface area (Å²) in [5.74, 6) is -0.153. The Hall–Kier alpha value is -0.733. The average molecular weight is 509 g/mol. The van der Waals surface area contributed by atoms with Crippen LogP contribution in [0.4, 0.5) is 0 Å². The van der Waals surface area contributed by atoms with Gasteiger partial charge in [0.2, 0.25) is 0 Å². The van der Waals surface area contributed by atoms with Gasteiger partial charge < -0.3 is 32.6 Å². The van der Waals surface area contributed by atoms with Crippen LogP contribution in [-0.2, 0) is 21.1 Å². The van der Waals surface area contributed by atoms with Gasteiger partial charge in [0.25, 0.3) is 0 Å². The van der Waals surface area contributed by atoms with E-state index in [0.29, 0.717) is 0 Å². The second kappa shape index (κ2) is 21.5. The van der Waals surface area contributed by atoms with Crippen molar-refractivity contribution in [2.45, 2.75) is 0 Å². The molecule has 0 aliphatic carbocycles. The van der Waals surface area contributed by atoms with Gasteiger partial charge in [-0.15, -0.1) is 5.34 Å². The minimum atomic E-state index is -3.19. The molecular formula is C6H13AsN3O7Pt-. The van der Waals surface area contributed by atoms with E-state index in [4.69, 9.17) is 32.6 Å². The van der Waals surface area contributed by atoms with E-state index in [1.54, 1.807) is 12.1 Å². The molecule has 9 N–H and O–H groups in total. The molecule has 0 atom stereocenters. The zero-order chi connectivity index (χ0) is 12.3. The van der Waals surface area contributed by atoms with E-state index in [9.17, 15) is 0 Å². The van der Waals surface area contributed by atoms with Crippen molar-refractivity contribution in [2.75, 3.05) is 0 Å². The average Bonchev–Trinajstić information content (AvgIpc) is 2.10. The Bertz CT molecular complexity index is 257. The van der Waals surface area contributed by atoms with E-state index in [1.165, 1.54) is 12.1 Å². The Balaban J connectivity index is -0.0000000497. The molecule has 1 rings (SSSR count). The molecule has 110 valence electrons. The summed E-state index contributed by atoms with van der Waals surface area (Å²) in [5, 5.41) is 26.3. The Morgan fingerprint density at radius 1 is 1.00 bits per heavy atom. The van der Waals surface area contributed by atoms with Gasteiger partial charge in [-0.25, -0.2) is 0 Å². The number of hydrogen-bond acceptors (Lipinski definition) is 8. The fourth-order valence-corrected chi connectivity index (χ4v) is 0.464. The number of nitrogens with zero attached hydrogens (tertiary/aromatic N) is 1. The molecule has 0 bridgehead atoms. The first kappa shape index (κ1) is 30.4. The summed E-state index contributed by atoms with van der Waals surface area (Å²) in [6.07, 6.45) is 0. The summed E-state index contributed by atoms with van der Waals surface area (Å²) in [5.41, 5.74) is 0. The fraction of sp³-hybridized carbons (Fsp3) is 0. The van der Waals surface area contributed by atoms with E-state index in [2.05, 4.69) is 0 Å². The number of phenols is 2. The molecule has 0 aromatic heterocycles. The maximum absolute atomic E-state index is 8.67. The number of para-hydroxylation sites is 2. The second-order valence-electron chi connectivity index (χ2n) is 1.83. The molecule has 0 aliphatic heterocycles. The number of phenolic OH excluding ortho intramolecular Hbond substituents is 2. The summed E-state index contributed by atoms with van der Waals surface area (Å²) in [7, 11) is 0. The molecule has 1 aromatic rings. The first-order chi connectivity index (χ1) is 6.95. The van der Waals surface area contributed by atoms with Crippen molar-refractivity contribution in [2.24, 2.45) is 5.34 Å². The zero-order valence-corrected chi connectivity index (χ0v) is 12.9. The van der Waals surface area contributed by atoms with E-state index < -0.39 is 15.7 Å².